The summed E-state index contributed by atoms with van der Waals surface area (Å²) in [4.78, 5) is 13.1. The van der Waals surface area contributed by atoms with E-state index in [-0.39, 0.29) is 11.4 Å². The number of nitrogens with one attached hydrogen (secondary N) is 1. The fourth-order valence-corrected chi connectivity index (χ4v) is 5.73. The Morgan fingerprint density at radius 3 is 2.12 bits per heavy atom. The monoisotopic (exact) mass is 454 g/mol. The summed E-state index contributed by atoms with van der Waals surface area (Å²) in [5, 5.41) is 7.12. The molecule has 0 bridgehead atoms. The second-order valence-electron chi connectivity index (χ2n) is 8.35. The highest BCUT2D eigenvalue weighted by molar-refractivity contribution is 7.93. The normalized spacial score (nSPS) is 11.5. The van der Waals surface area contributed by atoms with Crippen LogP contribution in [0.3, 0.4) is 0 Å². The smallest absolute Gasteiger partial charge is 0.268 e. The summed E-state index contributed by atoms with van der Waals surface area (Å²) in [5.41, 5.74) is 5.85. The van der Waals surface area contributed by atoms with E-state index in [4.69, 9.17) is 0 Å². The lowest BCUT2D eigenvalue weighted by atomic mass is 10.1. The third-order valence-electron chi connectivity index (χ3n) is 5.43. The zero-order chi connectivity index (χ0) is 23.8. The summed E-state index contributed by atoms with van der Waals surface area (Å²) in [6.07, 6.45) is 0. The van der Waals surface area contributed by atoms with Crippen molar-refractivity contribution in [1.29, 1.82) is 0 Å². The summed E-state index contributed by atoms with van der Waals surface area (Å²) in [7, 11) is -2.34. The number of nitrogens with zero attached hydrogens (tertiary/aromatic N) is 3. The highest BCUT2D eigenvalue weighted by Gasteiger charge is 2.32. The van der Waals surface area contributed by atoms with Crippen LogP contribution >= 0.6 is 0 Å². The summed E-state index contributed by atoms with van der Waals surface area (Å²) in [5.74, 6) is -0.418. The number of carbonyl (C=O) groups is 1. The van der Waals surface area contributed by atoms with E-state index in [2.05, 4.69) is 10.4 Å². The second kappa shape index (κ2) is 8.78. The molecule has 32 heavy (non-hydrogen) atoms. The molecule has 3 aromatic rings. The van der Waals surface area contributed by atoms with Crippen LogP contribution < -0.4 is 9.62 Å². The first kappa shape index (κ1) is 23.5. The minimum atomic E-state index is -4.04. The van der Waals surface area contributed by atoms with Crippen molar-refractivity contribution in [1.82, 2.24) is 9.78 Å². The molecule has 1 heterocycles. The van der Waals surface area contributed by atoms with E-state index in [0.717, 1.165) is 22.3 Å². The van der Waals surface area contributed by atoms with Gasteiger partial charge in [0.15, 0.2) is 0 Å². The number of sulfonamides is 1. The van der Waals surface area contributed by atoms with Gasteiger partial charge in [0, 0.05) is 12.7 Å². The first-order valence-corrected chi connectivity index (χ1v) is 11.8. The predicted octanol–water partition coefficient (Wildman–Crippen LogP) is 4.10. The van der Waals surface area contributed by atoms with Gasteiger partial charge in [0.25, 0.3) is 10.0 Å². The van der Waals surface area contributed by atoms with Crippen molar-refractivity contribution >= 4 is 27.3 Å². The van der Waals surface area contributed by atoms with Crippen LogP contribution in [0.5, 0.6) is 0 Å². The van der Waals surface area contributed by atoms with E-state index in [1.54, 1.807) is 33.0 Å². The minimum Gasteiger partial charge on any atom is -0.324 e. The third-order valence-corrected chi connectivity index (χ3v) is 7.46. The number of amides is 1. The Labute approximate surface area is 190 Å². The Morgan fingerprint density at radius 2 is 1.59 bits per heavy atom. The van der Waals surface area contributed by atoms with Gasteiger partial charge in [-0.15, -0.1) is 0 Å². The van der Waals surface area contributed by atoms with Crippen LogP contribution in [-0.2, 0) is 21.9 Å². The Balaban J connectivity index is 2.06. The van der Waals surface area contributed by atoms with Gasteiger partial charge in [-0.25, -0.2) is 8.42 Å². The molecule has 1 aromatic heterocycles. The maximum absolute atomic E-state index is 13.8. The van der Waals surface area contributed by atoms with Crippen LogP contribution in [0.4, 0.5) is 11.4 Å². The molecule has 3 rings (SSSR count). The van der Waals surface area contributed by atoms with E-state index in [0.29, 0.717) is 22.8 Å². The topological polar surface area (TPSA) is 84.3 Å². The van der Waals surface area contributed by atoms with E-state index >= 15 is 0 Å². The zero-order valence-electron chi connectivity index (χ0n) is 19.6. The first-order valence-electron chi connectivity index (χ1n) is 10.4. The van der Waals surface area contributed by atoms with Crippen molar-refractivity contribution in [2.24, 2.45) is 7.05 Å². The molecule has 0 aliphatic heterocycles. The number of hydrogen-bond donors (Lipinski definition) is 1. The molecule has 1 N–H and O–H groups in total. The molecule has 7 nitrogen and oxygen atoms in total. The van der Waals surface area contributed by atoms with Gasteiger partial charge in [-0.2, -0.15) is 5.10 Å². The van der Waals surface area contributed by atoms with Gasteiger partial charge in [0.1, 0.15) is 11.4 Å². The number of rotatable bonds is 6. The van der Waals surface area contributed by atoms with Crippen LogP contribution in [0.15, 0.2) is 41.3 Å². The van der Waals surface area contributed by atoms with Gasteiger partial charge < -0.3 is 5.32 Å². The lowest BCUT2D eigenvalue weighted by molar-refractivity contribution is -0.114. The van der Waals surface area contributed by atoms with Crippen LogP contribution in [0.1, 0.15) is 33.6 Å². The molecule has 0 aliphatic carbocycles. The fourth-order valence-electron chi connectivity index (χ4n) is 3.92. The molecule has 0 atom stereocenters. The molecule has 0 spiro atoms. The van der Waals surface area contributed by atoms with Crippen molar-refractivity contribution in [3.05, 3.63) is 70.0 Å². The molecule has 0 aliphatic rings. The van der Waals surface area contributed by atoms with Gasteiger partial charge in [-0.05, 0) is 76.4 Å². The Hall–Kier alpha value is -3.13. The van der Waals surface area contributed by atoms with Crippen molar-refractivity contribution in [3.63, 3.8) is 0 Å². The molecule has 1 amide bonds. The molecular formula is C24H30N4O3S. The van der Waals surface area contributed by atoms with Crippen LogP contribution in [-0.4, -0.2) is 30.7 Å². The SMILES string of the molecule is Cc1cc(C)cc(N(CC(=O)Nc2ccc(C)cc2C)S(=O)(=O)c2c(C)nn(C)c2C)c1. The maximum atomic E-state index is 13.8. The molecule has 2 aromatic carbocycles. The Kier molecular flexibility index (Phi) is 6.46. The van der Waals surface area contributed by atoms with Gasteiger partial charge in [-0.3, -0.25) is 13.8 Å². The number of aryl methyl sites for hydroxylation is 6. The van der Waals surface area contributed by atoms with Gasteiger partial charge >= 0.3 is 0 Å². The summed E-state index contributed by atoms with van der Waals surface area (Å²) >= 11 is 0. The first-order chi connectivity index (χ1) is 14.9. The van der Waals surface area contributed by atoms with Gasteiger partial charge in [0.2, 0.25) is 5.91 Å². The molecule has 0 saturated heterocycles. The predicted molar refractivity (Wildman–Crippen MR) is 128 cm³/mol. The van der Waals surface area contributed by atoms with Crippen molar-refractivity contribution in [2.45, 2.75) is 46.4 Å². The fraction of sp³-hybridized carbons (Fsp3) is 0.333. The zero-order valence-corrected chi connectivity index (χ0v) is 20.5. The van der Waals surface area contributed by atoms with E-state index in [1.807, 2.05) is 52.0 Å². The number of benzene rings is 2. The second-order valence-corrected chi connectivity index (χ2v) is 10.1. The summed E-state index contributed by atoms with van der Waals surface area (Å²) in [6.45, 7) is 10.7. The molecule has 0 radical (unpaired) electrons. The average Bonchev–Trinajstić information content (AvgIpc) is 2.93. The van der Waals surface area contributed by atoms with Crippen molar-refractivity contribution in [2.75, 3.05) is 16.2 Å². The number of hydrogen-bond acceptors (Lipinski definition) is 4. The average molecular weight is 455 g/mol. The standard InChI is InChI=1S/C24H30N4O3S/c1-15-8-9-22(18(4)11-15)25-23(29)14-28(21-12-16(2)10-17(3)13-21)32(30,31)24-19(5)26-27(7)20(24)6/h8-13H,14H2,1-7H3,(H,25,29). The van der Waals surface area contributed by atoms with Gasteiger partial charge in [0.05, 0.1) is 17.1 Å². The number of carbonyl (C=O) groups excluding carboxylic acids is 1. The Bertz CT molecular complexity index is 1270. The highest BCUT2D eigenvalue weighted by Crippen LogP contribution is 2.29. The summed E-state index contributed by atoms with van der Waals surface area (Å²) < 4.78 is 30.3. The highest BCUT2D eigenvalue weighted by atomic mass is 32.2. The molecular weight excluding hydrogens is 424 g/mol. The maximum Gasteiger partial charge on any atom is 0.268 e. The Morgan fingerprint density at radius 1 is 0.969 bits per heavy atom. The number of aromatic nitrogens is 2. The molecule has 0 unspecified atom stereocenters. The van der Waals surface area contributed by atoms with E-state index in [9.17, 15) is 13.2 Å². The summed E-state index contributed by atoms with van der Waals surface area (Å²) in [6, 6.07) is 11.2. The molecule has 170 valence electrons. The van der Waals surface area contributed by atoms with Gasteiger partial charge in [-0.1, -0.05) is 23.8 Å². The molecule has 0 fully saturated rings. The lowest BCUT2D eigenvalue weighted by Crippen LogP contribution is -2.38. The largest absolute Gasteiger partial charge is 0.324 e. The van der Waals surface area contributed by atoms with Crippen LogP contribution in [0.25, 0.3) is 0 Å². The quantitative estimate of drug-likeness (QED) is 0.608. The van der Waals surface area contributed by atoms with Crippen molar-refractivity contribution in [3.8, 4) is 0 Å². The molecule has 0 saturated carbocycles. The molecule has 8 heteroatoms. The minimum absolute atomic E-state index is 0.124. The van der Waals surface area contributed by atoms with E-state index < -0.39 is 15.9 Å². The van der Waals surface area contributed by atoms with Crippen molar-refractivity contribution < 1.29 is 13.2 Å². The van der Waals surface area contributed by atoms with Crippen LogP contribution in [0, 0.1) is 41.5 Å². The number of anilines is 2. The van der Waals surface area contributed by atoms with Crippen LogP contribution in [0.2, 0.25) is 0 Å². The third kappa shape index (κ3) is 4.70. The van der Waals surface area contributed by atoms with E-state index in [1.165, 1.54) is 8.99 Å². The lowest BCUT2D eigenvalue weighted by Gasteiger charge is -2.25.